The molecule has 3 N–H and O–H groups in total. The summed E-state index contributed by atoms with van der Waals surface area (Å²) in [7, 11) is 0. The zero-order valence-corrected chi connectivity index (χ0v) is 6.55. The average molecular weight is 172 g/mol. The minimum absolute atomic E-state index is 0.141. The van der Waals surface area contributed by atoms with E-state index < -0.39 is 0 Å². The molecule has 0 atom stereocenters. The van der Waals surface area contributed by atoms with Crippen LogP contribution in [0.1, 0.15) is 5.56 Å². The Morgan fingerprint density at radius 1 is 1.09 bits per heavy atom. The summed E-state index contributed by atoms with van der Waals surface area (Å²) in [5.74, 6) is -0.210. The molecule has 0 saturated heterocycles. The van der Waals surface area contributed by atoms with E-state index in [-0.39, 0.29) is 23.0 Å². The maximum absolute atomic E-state index is 9.10. The molecule has 0 unspecified atom stereocenters. The van der Waals surface area contributed by atoms with Crippen molar-refractivity contribution in [1.82, 2.24) is 0 Å². The Bertz CT molecular complexity index is 249. The van der Waals surface area contributed by atoms with Crippen molar-refractivity contribution in [1.29, 1.82) is 0 Å². The first-order chi connectivity index (χ1) is 5.15. The van der Waals surface area contributed by atoms with Crippen LogP contribution in [0.5, 0.6) is 17.2 Å². The second-order valence-electron chi connectivity index (χ2n) is 2.12. The van der Waals surface area contributed by atoms with Gasteiger partial charge < -0.3 is 15.3 Å². The summed E-state index contributed by atoms with van der Waals surface area (Å²) in [5, 5.41) is 27.1. The highest BCUT2D eigenvalue weighted by atomic mass is 32.1. The van der Waals surface area contributed by atoms with Gasteiger partial charge in [0.05, 0.1) is 0 Å². The van der Waals surface area contributed by atoms with Gasteiger partial charge in [0.1, 0.15) is 17.2 Å². The molecule has 0 aromatic heterocycles. The molecule has 3 nitrogen and oxygen atoms in total. The summed E-state index contributed by atoms with van der Waals surface area (Å²) in [6.45, 7) is 0. The standard InChI is InChI=1S/C7H8O3S/c8-4-1-6(9)5(3-11)7(10)2-4/h1-2,8-11H,3H2. The first-order valence-corrected chi connectivity index (χ1v) is 3.63. The molecule has 0 aliphatic rings. The lowest BCUT2D eigenvalue weighted by atomic mass is 10.2. The molecule has 0 spiro atoms. The molecular weight excluding hydrogens is 164 g/mol. The normalized spacial score (nSPS) is 9.91. The fourth-order valence-electron chi connectivity index (χ4n) is 0.789. The second kappa shape index (κ2) is 2.92. The van der Waals surface area contributed by atoms with Gasteiger partial charge in [0.25, 0.3) is 0 Å². The highest BCUT2D eigenvalue weighted by molar-refractivity contribution is 7.79. The minimum atomic E-state index is -0.162. The first-order valence-electron chi connectivity index (χ1n) is 3.00. The second-order valence-corrected chi connectivity index (χ2v) is 2.44. The van der Waals surface area contributed by atoms with Crippen molar-refractivity contribution < 1.29 is 15.3 Å². The van der Waals surface area contributed by atoms with E-state index in [4.69, 9.17) is 15.3 Å². The Hall–Kier alpha value is -1.03. The van der Waals surface area contributed by atoms with Crippen LogP contribution in [0.25, 0.3) is 0 Å². The molecule has 0 bridgehead atoms. The molecule has 60 valence electrons. The number of thiol groups is 1. The average Bonchev–Trinajstić information content (AvgIpc) is 1.85. The van der Waals surface area contributed by atoms with Gasteiger partial charge in [-0.2, -0.15) is 12.6 Å². The van der Waals surface area contributed by atoms with Crippen molar-refractivity contribution in [2.45, 2.75) is 5.75 Å². The van der Waals surface area contributed by atoms with E-state index in [0.717, 1.165) is 12.1 Å². The van der Waals surface area contributed by atoms with Gasteiger partial charge in [0, 0.05) is 23.4 Å². The van der Waals surface area contributed by atoms with Crippen molar-refractivity contribution in [2.75, 3.05) is 0 Å². The van der Waals surface area contributed by atoms with Crippen molar-refractivity contribution in [3.8, 4) is 17.2 Å². The van der Waals surface area contributed by atoms with E-state index >= 15 is 0 Å². The fourth-order valence-corrected chi connectivity index (χ4v) is 1.11. The molecule has 0 radical (unpaired) electrons. The molecule has 0 fully saturated rings. The highest BCUT2D eigenvalue weighted by Crippen LogP contribution is 2.32. The van der Waals surface area contributed by atoms with Gasteiger partial charge in [0.2, 0.25) is 0 Å². The van der Waals surface area contributed by atoms with E-state index in [1.54, 1.807) is 0 Å². The number of hydrogen-bond acceptors (Lipinski definition) is 4. The van der Waals surface area contributed by atoms with Crippen molar-refractivity contribution in [3.63, 3.8) is 0 Å². The minimum Gasteiger partial charge on any atom is -0.508 e. The summed E-state index contributed by atoms with van der Waals surface area (Å²) in [6, 6.07) is 2.32. The Kier molecular flexibility index (Phi) is 2.14. The Morgan fingerprint density at radius 2 is 1.55 bits per heavy atom. The Morgan fingerprint density at radius 3 is 1.91 bits per heavy atom. The number of aromatic hydroxyl groups is 3. The summed E-state index contributed by atoms with van der Waals surface area (Å²) in [5.41, 5.74) is 0.325. The summed E-state index contributed by atoms with van der Waals surface area (Å²) < 4.78 is 0. The number of phenolic OH excluding ortho intramolecular Hbond substituents is 3. The number of benzene rings is 1. The highest BCUT2D eigenvalue weighted by Gasteiger charge is 2.06. The molecule has 0 aliphatic heterocycles. The predicted octanol–water partition coefficient (Wildman–Crippen LogP) is 1.23. The van der Waals surface area contributed by atoms with Crippen LogP contribution in [0.3, 0.4) is 0 Å². The van der Waals surface area contributed by atoms with Gasteiger partial charge in [-0.1, -0.05) is 0 Å². The number of phenols is 3. The van der Waals surface area contributed by atoms with E-state index in [0.29, 0.717) is 5.56 Å². The molecule has 0 aliphatic carbocycles. The molecule has 11 heavy (non-hydrogen) atoms. The van der Waals surface area contributed by atoms with E-state index in [9.17, 15) is 0 Å². The predicted molar refractivity (Wildman–Crippen MR) is 44.1 cm³/mol. The molecule has 1 rings (SSSR count). The third-order valence-corrected chi connectivity index (χ3v) is 1.66. The van der Waals surface area contributed by atoms with Crippen LogP contribution < -0.4 is 0 Å². The van der Waals surface area contributed by atoms with Crippen LogP contribution in [0.15, 0.2) is 12.1 Å². The largest absolute Gasteiger partial charge is 0.508 e. The first kappa shape index (κ1) is 8.07. The maximum atomic E-state index is 9.10. The van der Waals surface area contributed by atoms with Gasteiger partial charge in [-0.05, 0) is 0 Å². The summed E-state index contributed by atoms with van der Waals surface area (Å²) in [4.78, 5) is 0. The summed E-state index contributed by atoms with van der Waals surface area (Å²) in [6.07, 6.45) is 0. The van der Waals surface area contributed by atoms with Crippen LogP contribution in [0, 0.1) is 0 Å². The van der Waals surface area contributed by atoms with Crippen LogP contribution in [0.2, 0.25) is 0 Å². The van der Waals surface area contributed by atoms with E-state index in [1.165, 1.54) is 0 Å². The summed E-state index contributed by atoms with van der Waals surface area (Å²) >= 11 is 3.88. The maximum Gasteiger partial charge on any atom is 0.126 e. The van der Waals surface area contributed by atoms with Crippen LogP contribution >= 0.6 is 12.6 Å². The van der Waals surface area contributed by atoms with Gasteiger partial charge in [-0.25, -0.2) is 0 Å². The third-order valence-electron chi connectivity index (χ3n) is 1.35. The van der Waals surface area contributed by atoms with Gasteiger partial charge in [-0.3, -0.25) is 0 Å². The number of hydrogen-bond donors (Lipinski definition) is 4. The monoisotopic (exact) mass is 172 g/mol. The van der Waals surface area contributed by atoms with Crippen LogP contribution in [-0.4, -0.2) is 15.3 Å². The fraction of sp³-hybridized carbons (Fsp3) is 0.143. The van der Waals surface area contributed by atoms with Gasteiger partial charge >= 0.3 is 0 Å². The van der Waals surface area contributed by atoms with Crippen molar-refractivity contribution >= 4 is 12.6 Å². The lowest BCUT2D eigenvalue weighted by molar-refractivity contribution is 0.422. The molecule has 1 aromatic rings. The lowest BCUT2D eigenvalue weighted by Gasteiger charge is -2.03. The van der Waals surface area contributed by atoms with E-state index in [2.05, 4.69) is 12.6 Å². The molecule has 0 heterocycles. The topological polar surface area (TPSA) is 60.7 Å². The van der Waals surface area contributed by atoms with E-state index in [1.807, 2.05) is 0 Å². The van der Waals surface area contributed by atoms with Crippen LogP contribution in [-0.2, 0) is 5.75 Å². The van der Waals surface area contributed by atoms with Gasteiger partial charge in [-0.15, -0.1) is 0 Å². The Labute approximate surface area is 69.3 Å². The van der Waals surface area contributed by atoms with Crippen molar-refractivity contribution in [2.24, 2.45) is 0 Å². The molecular formula is C7H8O3S. The van der Waals surface area contributed by atoms with Crippen molar-refractivity contribution in [3.05, 3.63) is 17.7 Å². The Balaban J connectivity index is 3.25. The lowest BCUT2D eigenvalue weighted by Crippen LogP contribution is -1.80. The molecule has 4 heteroatoms. The molecule has 0 amide bonds. The SMILES string of the molecule is Oc1cc(O)c(CS)c(O)c1. The zero-order chi connectivity index (χ0) is 8.43. The van der Waals surface area contributed by atoms with Gasteiger partial charge in [0.15, 0.2) is 0 Å². The zero-order valence-electron chi connectivity index (χ0n) is 5.65. The quantitative estimate of drug-likeness (QED) is 0.482. The number of rotatable bonds is 1. The van der Waals surface area contributed by atoms with Crippen LogP contribution in [0.4, 0.5) is 0 Å². The smallest absolute Gasteiger partial charge is 0.126 e. The molecule has 1 aromatic carbocycles. The third kappa shape index (κ3) is 1.51. The molecule has 0 saturated carbocycles.